The van der Waals surface area contributed by atoms with Gasteiger partial charge in [-0.3, -0.25) is 15.1 Å². The van der Waals surface area contributed by atoms with E-state index < -0.39 is 0 Å². The summed E-state index contributed by atoms with van der Waals surface area (Å²) in [6, 6.07) is 18.7. The third-order valence-electron chi connectivity index (χ3n) is 4.12. The fourth-order valence-electron chi connectivity index (χ4n) is 2.71. The molecule has 0 bridgehead atoms. The number of aryl methyl sites for hydroxylation is 1. The second kappa shape index (κ2) is 10.0. The van der Waals surface area contributed by atoms with Gasteiger partial charge in [0.05, 0.1) is 18.8 Å². The lowest BCUT2D eigenvalue weighted by Gasteiger charge is -2.15. The lowest BCUT2D eigenvalue weighted by Crippen LogP contribution is -2.36. The number of pyridine rings is 1. The molecule has 2 N–H and O–H groups in total. The van der Waals surface area contributed by atoms with Crippen molar-refractivity contribution in [1.82, 2.24) is 10.3 Å². The molecule has 1 amide bonds. The molecule has 0 saturated carbocycles. The van der Waals surface area contributed by atoms with Crippen molar-refractivity contribution < 1.29 is 9.53 Å². The van der Waals surface area contributed by atoms with E-state index in [1.165, 1.54) is 0 Å². The molecule has 148 valence electrons. The molecule has 0 aliphatic carbocycles. The van der Waals surface area contributed by atoms with E-state index in [-0.39, 0.29) is 5.91 Å². The van der Waals surface area contributed by atoms with Crippen molar-refractivity contribution in [3.63, 3.8) is 0 Å². The van der Waals surface area contributed by atoms with E-state index in [1.54, 1.807) is 18.5 Å². The third-order valence-corrected chi connectivity index (χ3v) is 4.12. The van der Waals surface area contributed by atoms with Crippen molar-refractivity contribution in [2.75, 3.05) is 11.9 Å². The number of rotatable bonds is 6. The van der Waals surface area contributed by atoms with Crippen molar-refractivity contribution in [3.05, 3.63) is 89.7 Å². The Labute approximate surface area is 170 Å². The van der Waals surface area contributed by atoms with E-state index in [0.717, 1.165) is 16.8 Å². The Bertz CT molecular complexity index is 987. The molecule has 0 radical (unpaired) electrons. The second-order valence-electron chi connectivity index (χ2n) is 6.40. The second-order valence-corrected chi connectivity index (χ2v) is 6.40. The van der Waals surface area contributed by atoms with Gasteiger partial charge < -0.3 is 10.1 Å². The van der Waals surface area contributed by atoms with Crippen LogP contribution in [0, 0.1) is 6.92 Å². The molecule has 29 heavy (non-hydrogen) atoms. The quantitative estimate of drug-likeness (QED) is 0.490. The molecule has 6 nitrogen and oxygen atoms in total. The van der Waals surface area contributed by atoms with Crippen LogP contribution in [0.3, 0.4) is 0 Å². The zero-order valence-electron chi connectivity index (χ0n) is 16.6. The predicted molar refractivity (Wildman–Crippen MR) is 115 cm³/mol. The summed E-state index contributed by atoms with van der Waals surface area (Å²) in [6.45, 7) is 4.81. The maximum Gasteiger partial charge on any atom is 0.257 e. The Hall–Kier alpha value is -3.67. The van der Waals surface area contributed by atoms with Crippen LogP contribution in [0.15, 0.2) is 78.0 Å². The maximum atomic E-state index is 12.7. The van der Waals surface area contributed by atoms with Gasteiger partial charge in [-0.2, -0.15) is 0 Å². The molecule has 1 aromatic heterocycles. The van der Waals surface area contributed by atoms with Crippen LogP contribution in [-0.4, -0.2) is 23.5 Å². The molecule has 3 rings (SSSR count). The summed E-state index contributed by atoms with van der Waals surface area (Å²) >= 11 is 0. The summed E-state index contributed by atoms with van der Waals surface area (Å²) in [6.07, 6.45) is 3.43. The molecule has 3 aromatic rings. The third kappa shape index (κ3) is 5.90. The van der Waals surface area contributed by atoms with Gasteiger partial charge in [-0.25, -0.2) is 4.99 Å². The van der Waals surface area contributed by atoms with E-state index in [2.05, 4.69) is 20.6 Å². The van der Waals surface area contributed by atoms with Gasteiger partial charge in [0.1, 0.15) is 5.75 Å². The van der Waals surface area contributed by atoms with E-state index in [9.17, 15) is 4.79 Å². The standard InChI is InChI=1S/C23H24N4O2/c1-3-29-21-10-5-4-9-20(21)26-23(25-16-18-11-13-24-14-12-18)27-22(28)19-8-6-7-17(2)15-19/h4-15H,3,16H2,1-2H3,(H2,25,26,27,28). The average Bonchev–Trinajstić information content (AvgIpc) is 2.74. The van der Waals surface area contributed by atoms with Crippen molar-refractivity contribution in [3.8, 4) is 5.75 Å². The van der Waals surface area contributed by atoms with Gasteiger partial charge in [-0.05, 0) is 55.8 Å². The van der Waals surface area contributed by atoms with Gasteiger partial charge in [0.15, 0.2) is 0 Å². The van der Waals surface area contributed by atoms with Crippen molar-refractivity contribution in [2.45, 2.75) is 20.4 Å². The zero-order chi connectivity index (χ0) is 20.5. The summed E-state index contributed by atoms with van der Waals surface area (Å²) in [5.41, 5.74) is 3.30. The number of hydrogen-bond donors (Lipinski definition) is 2. The smallest absolute Gasteiger partial charge is 0.257 e. The Morgan fingerprint density at radius 3 is 2.62 bits per heavy atom. The number of nitrogens with zero attached hydrogens (tertiary/aromatic N) is 2. The topological polar surface area (TPSA) is 75.6 Å². The summed E-state index contributed by atoms with van der Waals surface area (Å²) in [4.78, 5) is 21.3. The summed E-state index contributed by atoms with van der Waals surface area (Å²) in [5, 5.41) is 6.07. The Morgan fingerprint density at radius 1 is 1.07 bits per heavy atom. The number of carbonyl (C=O) groups is 1. The van der Waals surface area contributed by atoms with Gasteiger partial charge in [0.25, 0.3) is 5.91 Å². The van der Waals surface area contributed by atoms with Crippen LogP contribution >= 0.6 is 0 Å². The number of aromatic nitrogens is 1. The number of carbonyl (C=O) groups excluding carboxylic acids is 1. The lowest BCUT2D eigenvalue weighted by atomic mass is 10.1. The highest BCUT2D eigenvalue weighted by Gasteiger charge is 2.11. The number of aliphatic imine (C=N–C) groups is 1. The van der Waals surface area contributed by atoms with E-state index in [1.807, 2.05) is 68.4 Å². The number of ether oxygens (including phenoxy) is 1. The van der Waals surface area contributed by atoms with Crippen LogP contribution in [0.4, 0.5) is 5.69 Å². The minimum Gasteiger partial charge on any atom is -0.492 e. The molecule has 0 aliphatic rings. The zero-order valence-corrected chi connectivity index (χ0v) is 16.6. The van der Waals surface area contributed by atoms with Crippen LogP contribution in [0.2, 0.25) is 0 Å². The number of nitrogens with one attached hydrogen (secondary N) is 2. The van der Waals surface area contributed by atoms with Crippen LogP contribution in [0.25, 0.3) is 0 Å². The fourth-order valence-corrected chi connectivity index (χ4v) is 2.71. The highest BCUT2D eigenvalue weighted by molar-refractivity contribution is 6.10. The number of para-hydroxylation sites is 2. The van der Waals surface area contributed by atoms with Crippen molar-refractivity contribution >= 4 is 17.6 Å². The molecule has 0 unspecified atom stereocenters. The van der Waals surface area contributed by atoms with Crippen LogP contribution in [0.1, 0.15) is 28.4 Å². The number of amides is 1. The van der Waals surface area contributed by atoms with Gasteiger partial charge >= 0.3 is 0 Å². The summed E-state index contributed by atoms with van der Waals surface area (Å²) < 4.78 is 5.67. The first-order valence-corrected chi connectivity index (χ1v) is 9.46. The first kappa shape index (κ1) is 20.1. The molecule has 0 fully saturated rings. The van der Waals surface area contributed by atoms with Gasteiger partial charge in [0, 0.05) is 18.0 Å². The van der Waals surface area contributed by atoms with E-state index >= 15 is 0 Å². The van der Waals surface area contributed by atoms with Gasteiger partial charge in [-0.15, -0.1) is 0 Å². The first-order chi connectivity index (χ1) is 14.2. The van der Waals surface area contributed by atoms with E-state index in [4.69, 9.17) is 4.74 Å². The van der Waals surface area contributed by atoms with Crippen LogP contribution in [0.5, 0.6) is 5.75 Å². The minimum atomic E-state index is -0.233. The van der Waals surface area contributed by atoms with Crippen molar-refractivity contribution in [2.24, 2.45) is 4.99 Å². The summed E-state index contributed by atoms with van der Waals surface area (Å²) in [5.74, 6) is 0.806. The summed E-state index contributed by atoms with van der Waals surface area (Å²) in [7, 11) is 0. The molecule has 0 spiro atoms. The first-order valence-electron chi connectivity index (χ1n) is 9.46. The lowest BCUT2D eigenvalue weighted by molar-refractivity contribution is 0.0976. The molecule has 0 atom stereocenters. The van der Waals surface area contributed by atoms with Crippen LogP contribution in [-0.2, 0) is 6.54 Å². The SMILES string of the molecule is CCOc1ccccc1NC(=NCc1ccncc1)NC(=O)c1cccc(C)c1. The highest BCUT2D eigenvalue weighted by atomic mass is 16.5. The number of hydrogen-bond acceptors (Lipinski definition) is 4. The Balaban J connectivity index is 1.84. The number of benzene rings is 2. The van der Waals surface area contributed by atoms with E-state index in [0.29, 0.717) is 30.4 Å². The largest absolute Gasteiger partial charge is 0.492 e. The predicted octanol–water partition coefficient (Wildman–Crippen LogP) is 4.19. The van der Waals surface area contributed by atoms with Crippen molar-refractivity contribution in [1.29, 1.82) is 0 Å². The highest BCUT2D eigenvalue weighted by Crippen LogP contribution is 2.23. The fraction of sp³-hybridized carbons (Fsp3) is 0.174. The molecular weight excluding hydrogens is 364 g/mol. The minimum absolute atomic E-state index is 0.233. The Morgan fingerprint density at radius 2 is 1.86 bits per heavy atom. The monoisotopic (exact) mass is 388 g/mol. The molecule has 2 aromatic carbocycles. The molecule has 6 heteroatoms. The Kier molecular flexibility index (Phi) is 6.95. The normalized spacial score (nSPS) is 11.0. The number of guanidine groups is 1. The van der Waals surface area contributed by atoms with Gasteiger partial charge in [-0.1, -0.05) is 29.8 Å². The van der Waals surface area contributed by atoms with Crippen LogP contribution < -0.4 is 15.4 Å². The molecule has 0 saturated heterocycles. The number of anilines is 1. The molecule has 1 heterocycles. The average molecular weight is 388 g/mol. The molecular formula is C23H24N4O2. The molecule has 0 aliphatic heterocycles. The maximum absolute atomic E-state index is 12.7. The van der Waals surface area contributed by atoms with Gasteiger partial charge in [0.2, 0.25) is 5.96 Å².